The molecule has 0 unspecified atom stereocenters. The van der Waals surface area contributed by atoms with E-state index in [1.54, 1.807) is 36.4 Å². The molecule has 3 aromatic rings. The minimum absolute atomic E-state index is 0.321. The molecule has 0 radical (unpaired) electrons. The van der Waals surface area contributed by atoms with Crippen molar-refractivity contribution in [1.29, 1.82) is 0 Å². The number of methoxy groups -OCH3 is 1. The Morgan fingerprint density at radius 2 is 1.67 bits per heavy atom. The number of rotatable bonds is 8. The summed E-state index contributed by atoms with van der Waals surface area (Å²) in [6, 6.07) is 21.1. The van der Waals surface area contributed by atoms with E-state index >= 15 is 0 Å². The number of imide groups is 1. The molecule has 36 heavy (non-hydrogen) atoms. The minimum Gasteiger partial charge on any atom is -0.493 e. The first-order valence-electron chi connectivity index (χ1n) is 12.0. The Kier molecular flexibility index (Phi) is 6.85. The number of benzene rings is 3. The van der Waals surface area contributed by atoms with Crippen molar-refractivity contribution in [3.63, 3.8) is 0 Å². The highest BCUT2D eigenvalue weighted by molar-refractivity contribution is 6.31. The van der Waals surface area contributed by atoms with E-state index in [1.807, 2.05) is 48.5 Å². The lowest BCUT2D eigenvalue weighted by Gasteiger charge is -2.29. The Hall–Kier alpha value is -3.55. The number of carbonyl (C=O) groups is 2. The van der Waals surface area contributed by atoms with E-state index < -0.39 is 24.0 Å². The molecule has 8 heteroatoms. The summed E-state index contributed by atoms with van der Waals surface area (Å²) >= 11 is 6.02. The van der Waals surface area contributed by atoms with Crippen LogP contribution in [0.25, 0.3) is 0 Å². The highest BCUT2D eigenvalue weighted by Gasteiger charge is 2.60. The molecule has 0 spiro atoms. The summed E-state index contributed by atoms with van der Waals surface area (Å²) in [5.41, 5.74) is 2.00. The van der Waals surface area contributed by atoms with Gasteiger partial charge in [-0.15, -0.1) is 0 Å². The summed E-state index contributed by atoms with van der Waals surface area (Å²) in [5, 5.41) is 2.19. The Morgan fingerprint density at radius 1 is 0.917 bits per heavy atom. The molecule has 2 aliphatic heterocycles. The molecule has 2 amide bonds. The Labute approximate surface area is 215 Å². The average molecular weight is 507 g/mol. The van der Waals surface area contributed by atoms with Gasteiger partial charge in [0.25, 0.3) is 5.91 Å². The molecule has 0 aliphatic carbocycles. The summed E-state index contributed by atoms with van der Waals surface area (Å²) in [5.74, 6) is -0.274. The summed E-state index contributed by atoms with van der Waals surface area (Å²) in [6.45, 7) is 2.69. The third-order valence-corrected chi connectivity index (χ3v) is 6.75. The van der Waals surface area contributed by atoms with E-state index in [0.717, 1.165) is 24.1 Å². The zero-order chi connectivity index (χ0) is 25.2. The first-order valence-corrected chi connectivity index (χ1v) is 12.4. The zero-order valence-electron chi connectivity index (χ0n) is 20.1. The van der Waals surface area contributed by atoms with E-state index in [0.29, 0.717) is 28.8 Å². The fourth-order valence-electron chi connectivity index (χ4n) is 4.71. The van der Waals surface area contributed by atoms with Crippen LogP contribution < -0.4 is 19.4 Å². The molecule has 2 saturated heterocycles. The molecule has 186 valence electrons. The van der Waals surface area contributed by atoms with Gasteiger partial charge < -0.3 is 9.47 Å². The number of halogens is 1. The predicted octanol–water partition coefficient (Wildman–Crippen LogP) is 5.58. The van der Waals surface area contributed by atoms with Crippen molar-refractivity contribution >= 4 is 34.8 Å². The van der Waals surface area contributed by atoms with Gasteiger partial charge in [0.05, 0.1) is 31.1 Å². The second kappa shape index (κ2) is 10.2. The maximum atomic E-state index is 13.7. The second-order valence-corrected chi connectivity index (χ2v) is 9.20. The quantitative estimate of drug-likeness (QED) is 0.293. The summed E-state index contributed by atoms with van der Waals surface area (Å²) in [6.07, 6.45) is 1.00. The molecule has 2 aliphatic rings. The number of carbonyl (C=O) groups excluding carboxylic acids is 2. The fourth-order valence-corrected chi connectivity index (χ4v) is 4.84. The van der Waals surface area contributed by atoms with Crippen LogP contribution in [0.1, 0.15) is 31.4 Å². The number of ether oxygens (including phenoxy) is 2. The van der Waals surface area contributed by atoms with Gasteiger partial charge in [-0.3, -0.25) is 14.4 Å². The molecular weight excluding hydrogens is 480 g/mol. The first kappa shape index (κ1) is 24.2. The van der Waals surface area contributed by atoms with Crippen molar-refractivity contribution in [1.82, 2.24) is 0 Å². The number of unbranched alkanes of at least 4 members (excludes halogenated alkanes) is 1. The van der Waals surface area contributed by atoms with E-state index in [-0.39, 0.29) is 5.91 Å². The van der Waals surface area contributed by atoms with Crippen LogP contribution in [-0.2, 0) is 14.4 Å². The molecule has 3 atom stereocenters. The Balaban J connectivity index is 1.54. The summed E-state index contributed by atoms with van der Waals surface area (Å²) in [4.78, 5) is 34.6. The first-order chi connectivity index (χ1) is 17.5. The molecule has 2 fully saturated rings. The number of para-hydroxylation sites is 1. The Morgan fingerprint density at radius 3 is 2.36 bits per heavy atom. The molecule has 7 nitrogen and oxygen atoms in total. The number of hydroxylamine groups is 1. The van der Waals surface area contributed by atoms with Gasteiger partial charge in [-0.1, -0.05) is 49.2 Å². The molecule has 2 heterocycles. The number of hydrogen-bond acceptors (Lipinski definition) is 6. The molecule has 0 bridgehead atoms. The van der Waals surface area contributed by atoms with Crippen molar-refractivity contribution in [2.75, 3.05) is 23.7 Å². The van der Waals surface area contributed by atoms with Gasteiger partial charge in [-0.2, -0.15) is 0 Å². The lowest BCUT2D eigenvalue weighted by Crippen LogP contribution is -2.37. The normalized spacial score (nSPS) is 21.1. The maximum absolute atomic E-state index is 13.7. The van der Waals surface area contributed by atoms with Crippen LogP contribution in [0, 0.1) is 5.92 Å². The lowest BCUT2D eigenvalue weighted by molar-refractivity contribution is -0.126. The number of amides is 2. The zero-order valence-corrected chi connectivity index (χ0v) is 20.9. The molecule has 0 saturated carbocycles. The van der Waals surface area contributed by atoms with Gasteiger partial charge in [-0.25, -0.2) is 9.96 Å². The Bertz CT molecular complexity index is 1250. The van der Waals surface area contributed by atoms with Crippen LogP contribution in [0.4, 0.5) is 11.4 Å². The minimum atomic E-state index is -0.954. The number of fused-ring (bicyclic) bond motifs is 1. The monoisotopic (exact) mass is 506 g/mol. The topological polar surface area (TPSA) is 68.3 Å². The van der Waals surface area contributed by atoms with Gasteiger partial charge >= 0.3 is 0 Å². The van der Waals surface area contributed by atoms with Crippen LogP contribution >= 0.6 is 11.6 Å². The van der Waals surface area contributed by atoms with Crippen LogP contribution in [0.3, 0.4) is 0 Å². The number of hydrogen-bond donors (Lipinski definition) is 0. The molecular formula is C28H27ClN2O5. The van der Waals surface area contributed by atoms with Gasteiger partial charge in [-0.05, 0) is 60.5 Å². The van der Waals surface area contributed by atoms with Crippen molar-refractivity contribution in [2.24, 2.45) is 5.92 Å². The summed E-state index contributed by atoms with van der Waals surface area (Å²) in [7, 11) is 1.58. The predicted molar refractivity (Wildman–Crippen MR) is 137 cm³/mol. The lowest BCUT2D eigenvalue weighted by atomic mass is 9.90. The molecule has 0 aromatic heterocycles. The molecule has 5 rings (SSSR count). The highest BCUT2D eigenvalue weighted by atomic mass is 35.5. The van der Waals surface area contributed by atoms with Crippen LogP contribution in [0.15, 0.2) is 72.8 Å². The third kappa shape index (κ3) is 4.29. The SMILES string of the molecule is CCCCOc1ccc([C@H]2[C@@H]3C(=O)N(c4ccc(Cl)cc4)C(=O)[C@H]3ON2c2ccccc2)cc1OC. The van der Waals surface area contributed by atoms with Crippen LogP contribution in [0.5, 0.6) is 11.5 Å². The van der Waals surface area contributed by atoms with Crippen molar-refractivity contribution < 1.29 is 23.9 Å². The molecule has 0 N–H and O–H groups in total. The van der Waals surface area contributed by atoms with Gasteiger partial charge in [0.15, 0.2) is 17.6 Å². The number of anilines is 2. The smallest absolute Gasteiger partial charge is 0.266 e. The van der Waals surface area contributed by atoms with Gasteiger partial charge in [0.2, 0.25) is 5.91 Å². The summed E-state index contributed by atoms with van der Waals surface area (Å²) < 4.78 is 11.5. The van der Waals surface area contributed by atoms with Crippen molar-refractivity contribution in [3.05, 3.63) is 83.4 Å². The largest absolute Gasteiger partial charge is 0.493 e. The third-order valence-electron chi connectivity index (χ3n) is 6.50. The van der Waals surface area contributed by atoms with E-state index in [2.05, 4.69) is 6.92 Å². The molecule has 3 aromatic carbocycles. The van der Waals surface area contributed by atoms with E-state index in [4.69, 9.17) is 25.9 Å². The maximum Gasteiger partial charge on any atom is 0.266 e. The van der Waals surface area contributed by atoms with Gasteiger partial charge in [0.1, 0.15) is 5.92 Å². The number of nitrogens with zero attached hydrogens (tertiary/aromatic N) is 2. The highest BCUT2D eigenvalue weighted by Crippen LogP contribution is 2.48. The van der Waals surface area contributed by atoms with Crippen LogP contribution in [-0.4, -0.2) is 31.6 Å². The van der Waals surface area contributed by atoms with Gasteiger partial charge in [0, 0.05) is 5.02 Å². The van der Waals surface area contributed by atoms with Crippen LogP contribution in [0.2, 0.25) is 5.02 Å². The standard InChI is InChI=1S/C28H27ClN2O5/c1-3-4-16-35-22-15-10-18(17-23(22)34-2)25-24-26(36-31(25)21-8-6-5-7-9-21)28(33)30(27(24)32)20-13-11-19(29)12-14-20/h5-15,17,24-26H,3-4,16H2,1-2H3/t24-,25-,26-/m0/s1. The van der Waals surface area contributed by atoms with Crippen molar-refractivity contribution in [3.8, 4) is 11.5 Å². The van der Waals surface area contributed by atoms with E-state index in [1.165, 1.54) is 4.90 Å². The van der Waals surface area contributed by atoms with E-state index in [9.17, 15) is 9.59 Å². The average Bonchev–Trinajstić information content (AvgIpc) is 3.41. The second-order valence-electron chi connectivity index (χ2n) is 8.76. The van der Waals surface area contributed by atoms with Crippen molar-refractivity contribution in [2.45, 2.75) is 31.9 Å². The fraction of sp³-hybridized carbons (Fsp3) is 0.286.